The maximum absolute atomic E-state index is 5.71. The summed E-state index contributed by atoms with van der Waals surface area (Å²) in [5.41, 5.74) is 6.11. The van der Waals surface area contributed by atoms with Crippen molar-refractivity contribution in [3.8, 4) is 0 Å². The van der Waals surface area contributed by atoms with Crippen LogP contribution >= 0.6 is 27.3 Å². The zero-order valence-corrected chi connectivity index (χ0v) is 12.4. The van der Waals surface area contributed by atoms with Gasteiger partial charge in [-0.15, -0.1) is 11.3 Å². The summed E-state index contributed by atoms with van der Waals surface area (Å²) in [5, 5.41) is 3.23. The van der Waals surface area contributed by atoms with Gasteiger partial charge in [0.05, 0.1) is 15.3 Å². The van der Waals surface area contributed by atoms with Gasteiger partial charge in [0.2, 0.25) is 0 Å². The fourth-order valence-corrected chi connectivity index (χ4v) is 3.32. The lowest BCUT2D eigenvalue weighted by Gasteiger charge is -2.15. The van der Waals surface area contributed by atoms with Gasteiger partial charge in [-0.05, 0) is 50.6 Å². The van der Waals surface area contributed by atoms with E-state index in [2.05, 4.69) is 62.1 Å². The average molecular weight is 334 g/mol. The number of hydrogen-bond donors (Lipinski definition) is 2. The highest BCUT2D eigenvalue weighted by Gasteiger charge is 2.14. The number of fused-ring (bicyclic) bond motifs is 1. The molecular weight excluding hydrogens is 322 g/mol. The Hall–Kier alpha value is -1.27. The molecule has 0 bridgehead atoms. The number of nitrogens with two attached hydrogens (primary N) is 1. The summed E-state index contributed by atoms with van der Waals surface area (Å²) >= 11 is 5.13. The van der Waals surface area contributed by atoms with Crippen molar-refractivity contribution in [3.63, 3.8) is 0 Å². The van der Waals surface area contributed by atoms with Crippen molar-refractivity contribution in [1.82, 2.24) is 10.4 Å². The molecule has 0 saturated carbocycles. The number of hydrogen-bond acceptors (Lipinski definition) is 4. The first kappa shape index (κ1) is 12.7. The van der Waals surface area contributed by atoms with E-state index in [1.54, 1.807) is 17.5 Å². The van der Waals surface area contributed by atoms with Crippen LogP contribution in [0.4, 0.5) is 0 Å². The van der Waals surface area contributed by atoms with E-state index in [9.17, 15) is 0 Å². The van der Waals surface area contributed by atoms with E-state index in [0.29, 0.717) is 0 Å². The van der Waals surface area contributed by atoms with Crippen LogP contribution in [0, 0.1) is 0 Å². The van der Waals surface area contributed by atoms with Gasteiger partial charge in [-0.2, -0.15) is 0 Å². The van der Waals surface area contributed by atoms with Gasteiger partial charge in [0.1, 0.15) is 0 Å². The molecule has 3 N–H and O–H groups in total. The van der Waals surface area contributed by atoms with Gasteiger partial charge in [-0.1, -0.05) is 18.2 Å². The number of nitrogens with zero attached hydrogens (tertiary/aromatic N) is 1. The molecular formula is C14H12BrN3S. The number of aromatic nitrogens is 1. The monoisotopic (exact) mass is 333 g/mol. The normalized spacial score (nSPS) is 12.7. The predicted octanol–water partition coefficient (Wildman–Crippen LogP) is 3.61. The molecule has 0 fully saturated rings. The zero-order valence-electron chi connectivity index (χ0n) is 10.0. The molecule has 0 radical (unpaired) electrons. The number of pyridine rings is 1. The minimum Gasteiger partial charge on any atom is -0.271 e. The second kappa shape index (κ2) is 5.38. The lowest BCUT2D eigenvalue weighted by atomic mass is 10.0. The molecule has 0 spiro atoms. The maximum Gasteiger partial charge on any atom is 0.0719 e. The minimum absolute atomic E-state index is 0.0195. The Morgan fingerprint density at radius 1 is 1.21 bits per heavy atom. The van der Waals surface area contributed by atoms with Crippen molar-refractivity contribution in [2.24, 2.45) is 5.84 Å². The first-order valence-electron chi connectivity index (χ1n) is 5.82. The van der Waals surface area contributed by atoms with Gasteiger partial charge < -0.3 is 0 Å². The molecule has 0 saturated heterocycles. The Kier molecular flexibility index (Phi) is 3.61. The van der Waals surface area contributed by atoms with Crippen molar-refractivity contribution in [2.75, 3.05) is 0 Å². The van der Waals surface area contributed by atoms with Crippen molar-refractivity contribution >= 4 is 38.2 Å². The van der Waals surface area contributed by atoms with Gasteiger partial charge in [-0.25, -0.2) is 5.43 Å². The van der Waals surface area contributed by atoms with Gasteiger partial charge in [-0.3, -0.25) is 10.8 Å². The number of benzene rings is 1. The zero-order chi connectivity index (χ0) is 13.2. The second-order valence-electron chi connectivity index (χ2n) is 4.24. The van der Waals surface area contributed by atoms with Crippen molar-refractivity contribution in [2.45, 2.75) is 6.04 Å². The van der Waals surface area contributed by atoms with E-state index < -0.39 is 0 Å². The number of thiophene rings is 1. The molecule has 0 aliphatic rings. The van der Waals surface area contributed by atoms with Crippen LogP contribution in [-0.2, 0) is 0 Å². The number of nitrogens with one attached hydrogen (secondary N) is 1. The first-order chi connectivity index (χ1) is 9.28. The van der Waals surface area contributed by atoms with Crippen LogP contribution < -0.4 is 11.3 Å². The molecule has 3 rings (SSSR count). The topological polar surface area (TPSA) is 50.9 Å². The van der Waals surface area contributed by atoms with Crippen LogP contribution in [0.1, 0.15) is 17.2 Å². The SMILES string of the molecule is NNC(c1csc(Br)c1)c1ccc2cccnc2c1. The van der Waals surface area contributed by atoms with Crippen LogP contribution in [0.2, 0.25) is 0 Å². The van der Waals surface area contributed by atoms with Crippen LogP contribution in [0.25, 0.3) is 10.9 Å². The number of halogens is 1. The van der Waals surface area contributed by atoms with Gasteiger partial charge in [0, 0.05) is 11.6 Å². The highest BCUT2D eigenvalue weighted by molar-refractivity contribution is 9.11. The highest BCUT2D eigenvalue weighted by atomic mass is 79.9. The largest absolute Gasteiger partial charge is 0.271 e. The molecule has 0 amide bonds. The lowest BCUT2D eigenvalue weighted by molar-refractivity contribution is 0.639. The average Bonchev–Trinajstić information content (AvgIpc) is 2.86. The Labute approximate surface area is 123 Å². The Morgan fingerprint density at radius 3 is 2.84 bits per heavy atom. The first-order valence-corrected chi connectivity index (χ1v) is 7.50. The fourth-order valence-electron chi connectivity index (χ4n) is 2.12. The third-order valence-electron chi connectivity index (χ3n) is 3.05. The van der Waals surface area contributed by atoms with Crippen LogP contribution in [-0.4, -0.2) is 4.98 Å². The quantitative estimate of drug-likeness (QED) is 0.568. The molecule has 0 aliphatic heterocycles. The summed E-state index contributed by atoms with van der Waals surface area (Å²) < 4.78 is 1.10. The predicted molar refractivity (Wildman–Crippen MR) is 82.9 cm³/mol. The van der Waals surface area contributed by atoms with Crippen molar-refractivity contribution in [1.29, 1.82) is 0 Å². The van der Waals surface area contributed by atoms with Gasteiger partial charge in [0.15, 0.2) is 0 Å². The van der Waals surface area contributed by atoms with E-state index in [0.717, 1.165) is 25.8 Å². The van der Waals surface area contributed by atoms with Crippen molar-refractivity contribution < 1.29 is 0 Å². The second-order valence-corrected chi connectivity index (χ2v) is 6.53. The lowest BCUT2D eigenvalue weighted by Crippen LogP contribution is -2.28. The Morgan fingerprint density at radius 2 is 2.11 bits per heavy atom. The van der Waals surface area contributed by atoms with E-state index >= 15 is 0 Å². The molecule has 0 aliphatic carbocycles. The molecule has 96 valence electrons. The summed E-state index contributed by atoms with van der Waals surface area (Å²) in [5.74, 6) is 5.71. The molecule has 3 aromatic rings. The molecule has 1 atom stereocenters. The number of hydrazine groups is 1. The molecule has 19 heavy (non-hydrogen) atoms. The molecule has 1 aromatic carbocycles. The third-order valence-corrected chi connectivity index (χ3v) is 4.57. The fraction of sp³-hybridized carbons (Fsp3) is 0.0714. The van der Waals surface area contributed by atoms with Crippen molar-refractivity contribution in [3.05, 3.63) is 62.9 Å². The summed E-state index contributed by atoms with van der Waals surface area (Å²) in [4.78, 5) is 4.38. The maximum atomic E-state index is 5.71. The molecule has 3 nitrogen and oxygen atoms in total. The summed E-state index contributed by atoms with van der Waals surface area (Å²) in [6.45, 7) is 0. The molecule has 2 aromatic heterocycles. The number of rotatable bonds is 3. The summed E-state index contributed by atoms with van der Waals surface area (Å²) in [7, 11) is 0. The highest BCUT2D eigenvalue weighted by Crippen LogP contribution is 2.29. The van der Waals surface area contributed by atoms with E-state index in [4.69, 9.17) is 5.84 Å². The van der Waals surface area contributed by atoms with Crippen LogP contribution in [0.15, 0.2) is 51.8 Å². The summed E-state index contributed by atoms with van der Waals surface area (Å²) in [6, 6.07) is 12.3. The Balaban J connectivity index is 2.06. The third kappa shape index (κ3) is 2.55. The molecule has 1 unspecified atom stereocenters. The van der Waals surface area contributed by atoms with E-state index in [1.165, 1.54) is 0 Å². The minimum atomic E-state index is -0.0195. The molecule has 2 heterocycles. The van der Waals surface area contributed by atoms with E-state index in [-0.39, 0.29) is 6.04 Å². The van der Waals surface area contributed by atoms with Crippen LogP contribution in [0.3, 0.4) is 0 Å². The Bertz CT molecular complexity index is 710. The molecule has 5 heteroatoms. The van der Waals surface area contributed by atoms with Crippen LogP contribution in [0.5, 0.6) is 0 Å². The standard InChI is InChI=1S/C14H12BrN3S/c15-13-7-11(8-19-13)14(18-16)10-4-3-9-2-1-5-17-12(9)6-10/h1-8,14,18H,16H2. The van der Waals surface area contributed by atoms with Gasteiger partial charge >= 0.3 is 0 Å². The smallest absolute Gasteiger partial charge is 0.0719 e. The summed E-state index contributed by atoms with van der Waals surface area (Å²) in [6.07, 6.45) is 1.80. The van der Waals surface area contributed by atoms with E-state index in [1.807, 2.05) is 6.07 Å². The van der Waals surface area contributed by atoms with Gasteiger partial charge in [0.25, 0.3) is 0 Å².